The van der Waals surface area contributed by atoms with Crippen LogP contribution in [0.4, 0.5) is 0 Å². The second-order valence-corrected chi connectivity index (χ2v) is 5.39. The number of carbonyl (C=O) groups excluding carboxylic acids is 1. The summed E-state index contributed by atoms with van der Waals surface area (Å²) >= 11 is 0. The van der Waals surface area contributed by atoms with E-state index >= 15 is 0 Å². The molecule has 1 aromatic rings. The van der Waals surface area contributed by atoms with Crippen LogP contribution in [0, 0.1) is 0 Å². The lowest BCUT2D eigenvalue weighted by Gasteiger charge is -2.27. The summed E-state index contributed by atoms with van der Waals surface area (Å²) in [5, 5.41) is 0. The molecule has 1 unspecified atom stereocenters. The van der Waals surface area contributed by atoms with Gasteiger partial charge in [0, 0.05) is 44.4 Å². The maximum atomic E-state index is 12.3. The molecule has 0 spiro atoms. The topological polar surface area (TPSA) is 58.4 Å². The van der Waals surface area contributed by atoms with Crippen LogP contribution in [0.2, 0.25) is 0 Å². The van der Waals surface area contributed by atoms with Crippen molar-refractivity contribution in [2.24, 2.45) is 0 Å². The van der Waals surface area contributed by atoms with Gasteiger partial charge in [0.1, 0.15) is 0 Å². The van der Waals surface area contributed by atoms with Crippen LogP contribution in [0.15, 0.2) is 23.4 Å². The quantitative estimate of drug-likeness (QED) is 0.792. The van der Waals surface area contributed by atoms with Gasteiger partial charge in [-0.25, -0.2) is 4.98 Å². The molecule has 6 nitrogen and oxygen atoms in total. The van der Waals surface area contributed by atoms with E-state index in [2.05, 4.69) is 23.9 Å². The number of hydrogen-bond donors (Lipinski definition) is 0. The van der Waals surface area contributed by atoms with Crippen molar-refractivity contribution in [3.05, 3.63) is 28.9 Å². The fourth-order valence-corrected chi connectivity index (χ4v) is 2.45. The van der Waals surface area contributed by atoms with Crippen LogP contribution in [-0.2, 0) is 11.3 Å². The van der Waals surface area contributed by atoms with E-state index in [4.69, 9.17) is 0 Å². The molecule has 0 aliphatic carbocycles. The molecule has 0 aromatic carbocycles. The normalized spacial score (nSPS) is 20.7. The Morgan fingerprint density at radius 3 is 2.95 bits per heavy atom. The summed E-state index contributed by atoms with van der Waals surface area (Å²) in [7, 11) is 2.08. The maximum Gasteiger partial charge on any atom is 0.253 e. The number of likely N-dealkylation sites (N-methyl/N-ethyl adjacent to an activating group) is 1. The van der Waals surface area contributed by atoms with E-state index in [-0.39, 0.29) is 17.5 Å². The van der Waals surface area contributed by atoms with Crippen molar-refractivity contribution < 1.29 is 4.79 Å². The Morgan fingerprint density at radius 1 is 1.40 bits per heavy atom. The number of aryl methyl sites for hydroxylation is 1. The van der Waals surface area contributed by atoms with Crippen LogP contribution in [0.25, 0.3) is 0 Å². The third-order valence-electron chi connectivity index (χ3n) is 3.86. The third kappa shape index (κ3) is 3.66. The number of nitrogens with zero attached hydrogens (tertiary/aromatic N) is 4. The Morgan fingerprint density at radius 2 is 2.20 bits per heavy atom. The molecule has 1 atom stereocenters. The van der Waals surface area contributed by atoms with E-state index < -0.39 is 0 Å². The second-order valence-electron chi connectivity index (χ2n) is 5.39. The highest BCUT2D eigenvalue weighted by atomic mass is 16.2. The predicted molar refractivity (Wildman–Crippen MR) is 76.4 cm³/mol. The van der Waals surface area contributed by atoms with Gasteiger partial charge in [-0.05, 0) is 26.9 Å². The Hall–Kier alpha value is -1.69. The summed E-state index contributed by atoms with van der Waals surface area (Å²) in [6.07, 6.45) is 4.29. The molecule has 0 saturated carbocycles. The standard InChI is InChI=1S/C14H22N4O2/c1-12-4-7-16(2)9-10-18(12)14(20)5-8-17-11-15-6-3-13(17)19/h3,6,11-12H,4-5,7-10H2,1-2H3. The Labute approximate surface area is 119 Å². The number of aromatic nitrogens is 2. The molecule has 1 saturated heterocycles. The maximum absolute atomic E-state index is 12.3. The van der Waals surface area contributed by atoms with Gasteiger partial charge in [-0.3, -0.25) is 14.2 Å². The van der Waals surface area contributed by atoms with Crippen LogP contribution >= 0.6 is 0 Å². The van der Waals surface area contributed by atoms with Crippen LogP contribution in [-0.4, -0.2) is 58.0 Å². The predicted octanol–water partition coefficient (Wildman–Crippen LogP) is 0.186. The smallest absolute Gasteiger partial charge is 0.253 e. The van der Waals surface area contributed by atoms with Crippen molar-refractivity contribution in [2.75, 3.05) is 26.7 Å². The summed E-state index contributed by atoms with van der Waals surface area (Å²) in [4.78, 5) is 32.0. The molecule has 0 bridgehead atoms. The van der Waals surface area contributed by atoms with E-state index in [1.54, 1.807) is 0 Å². The van der Waals surface area contributed by atoms with E-state index in [0.717, 1.165) is 26.1 Å². The van der Waals surface area contributed by atoms with Gasteiger partial charge in [0.25, 0.3) is 5.56 Å². The molecule has 110 valence electrons. The number of rotatable bonds is 3. The Bertz CT molecular complexity index is 514. The SMILES string of the molecule is CC1CCN(C)CCN1C(=O)CCn1cnccc1=O. The minimum Gasteiger partial charge on any atom is -0.339 e. The average molecular weight is 278 g/mol. The van der Waals surface area contributed by atoms with E-state index in [1.165, 1.54) is 23.2 Å². The minimum atomic E-state index is -0.114. The van der Waals surface area contributed by atoms with E-state index in [1.807, 2.05) is 4.90 Å². The molecule has 2 heterocycles. The van der Waals surface area contributed by atoms with Crippen LogP contribution < -0.4 is 5.56 Å². The van der Waals surface area contributed by atoms with Crippen LogP contribution in [0.1, 0.15) is 19.8 Å². The number of hydrogen-bond acceptors (Lipinski definition) is 4. The zero-order chi connectivity index (χ0) is 14.5. The molecule has 6 heteroatoms. The first-order chi connectivity index (χ1) is 9.58. The highest BCUT2D eigenvalue weighted by Gasteiger charge is 2.23. The summed E-state index contributed by atoms with van der Waals surface area (Å²) < 4.78 is 1.48. The summed E-state index contributed by atoms with van der Waals surface area (Å²) in [6.45, 7) is 5.17. The first-order valence-corrected chi connectivity index (χ1v) is 7.06. The van der Waals surface area contributed by atoms with Crippen LogP contribution in [0.5, 0.6) is 0 Å². The highest BCUT2D eigenvalue weighted by Crippen LogP contribution is 2.11. The van der Waals surface area contributed by atoms with Crippen molar-refractivity contribution >= 4 is 5.91 Å². The molecular formula is C14H22N4O2. The van der Waals surface area contributed by atoms with Crippen molar-refractivity contribution in [2.45, 2.75) is 32.4 Å². The first-order valence-electron chi connectivity index (χ1n) is 7.06. The first kappa shape index (κ1) is 14.7. The molecule has 1 aromatic heterocycles. The molecule has 1 aliphatic rings. The van der Waals surface area contributed by atoms with Gasteiger partial charge in [0.2, 0.25) is 5.91 Å². The molecule has 1 amide bonds. The zero-order valence-corrected chi connectivity index (χ0v) is 12.2. The van der Waals surface area contributed by atoms with Crippen LogP contribution in [0.3, 0.4) is 0 Å². The fourth-order valence-electron chi connectivity index (χ4n) is 2.45. The van der Waals surface area contributed by atoms with Gasteiger partial charge < -0.3 is 9.80 Å². The van der Waals surface area contributed by atoms with Gasteiger partial charge in [-0.15, -0.1) is 0 Å². The molecule has 0 radical (unpaired) electrons. The van der Waals surface area contributed by atoms with Crippen molar-refractivity contribution in [1.82, 2.24) is 19.4 Å². The van der Waals surface area contributed by atoms with Crippen molar-refractivity contribution in [3.63, 3.8) is 0 Å². The fraction of sp³-hybridized carbons (Fsp3) is 0.643. The van der Waals surface area contributed by atoms with Gasteiger partial charge in [-0.1, -0.05) is 0 Å². The lowest BCUT2D eigenvalue weighted by molar-refractivity contribution is -0.133. The molecule has 1 aliphatic heterocycles. The van der Waals surface area contributed by atoms with Crippen molar-refractivity contribution in [1.29, 1.82) is 0 Å². The molecule has 2 rings (SSSR count). The van der Waals surface area contributed by atoms with Gasteiger partial charge in [0.15, 0.2) is 0 Å². The number of carbonyl (C=O) groups is 1. The molecular weight excluding hydrogens is 256 g/mol. The minimum absolute atomic E-state index is 0.114. The molecule has 0 N–H and O–H groups in total. The second kappa shape index (κ2) is 6.65. The third-order valence-corrected chi connectivity index (χ3v) is 3.86. The van der Waals surface area contributed by atoms with E-state index in [0.29, 0.717) is 13.0 Å². The summed E-state index contributed by atoms with van der Waals surface area (Å²) in [5.74, 6) is 0.114. The largest absolute Gasteiger partial charge is 0.339 e. The number of amides is 1. The monoisotopic (exact) mass is 278 g/mol. The van der Waals surface area contributed by atoms with E-state index in [9.17, 15) is 9.59 Å². The molecule has 1 fully saturated rings. The summed E-state index contributed by atoms with van der Waals surface area (Å²) in [5.41, 5.74) is -0.114. The average Bonchev–Trinajstić information content (AvgIpc) is 2.60. The lowest BCUT2D eigenvalue weighted by atomic mass is 10.2. The zero-order valence-electron chi connectivity index (χ0n) is 12.2. The highest BCUT2D eigenvalue weighted by molar-refractivity contribution is 5.76. The van der Waals surface area contributed by atoms with Gasteiger partial charge in [-0.2, -0.15) is 0 Å². The Kier molecular flexibility index (Phi) is 4.89. The van der Waals surface area contributed by atoms with Gasteiger partial charge >= 0.3 is 0 Å². The Balaban J connectivity index is 1.94. The van der Waals surface area contributed by atoms with Gasteiger partial charge in [0.05, 0.1) is 6.33 Å². The summed E-state index contributed by atoms with van der Waals surface area (Å²) in [6, 6.07) is 1.67. The molecule has 20 heavy (non-hydrogen) atoms. The van der Waals surface area contributed by atoms with Crippen molar-refractivity contribution in [3.8, 4) is 0 Å². The lowest BCUT2D eigenvalue weighted by Crippen LogP contribution is -2.40.